The summed E-state index contributed by atoms with van der Waals surface area (Å²) in [5.41, 5.74) is -1.32. The molecule has 0 radical (unpaired) electrons. The number of rotatable bonds is 8. The summed E-state index contributed by atoms with van der Waals surface area (Å²) in [6.45, 7) is 5.82. The molecule has 1 aromatic rings. The first kappa shape index (κ1) is 19.8. The predicted molar refractivity (Wildman–Crippen MR) is 91.0 cm³/mol. The van der Waals surface area contributed by atoms with Gasteiger partial charge in [-0.25, -0.2) is 0 Å². The van der Waals surface area contributed by atoms with Gasteiger partial charge in [0.15, 0.2) is 5.41 Å². The van der Waals surface area contributed by atoms with E-state index in [9.17, 15) is 9.59 Å². The fourth-order valence-corrected chi connectivity index (χ4v) is 2.66. The van der Waals surface area contributed by atoms with Gasteiger partial charge in [-0.15, -0.1) is 0 Å². The van der Waals surface area contributed by atoms with Gasteiger partial charge < -0.3 is 9.47 Å². The van der Waals surface area contributed by atoms with Crippen molar-refractivity contribution >= 4 is 35.1 Å². The molecule has 0 amide bonds. The monoisotopic (exact) mass is 360 g/mol. The van der Waals surface area contributed by atoms with Gasteiger partial charge in [0.2, 0.25) is 0 Å². The highest BCUT2D eigenvalue weighted by molar-refractivity contribution is 6.34. The van der Waals surface area contributed by atoms with Crippen LogP contribution in [0.25, 0.3) is 0 Å². The van der Waals surface area contributed by atoms with Crippen molar-refractivity contribution in [3.05, 3.63) is 28.2 Å². The number of hydrogen-bond donors (Lipinski definition) is 0. The Hall–Kier alpha value is -1.26. The maximum atomic E-state index is 12.6. The van der Waals surface area contributed by atoms with Crippen LogP contribution in [0.1, 0.15) is 46.5 Å². The van der Waals surface area contributed by atoms with Crippen molar-refractivity contribution in [1.82, 2.24) is 0 Å². The summed E-state index contributed by atoms with van der Waals surface area (Å²) in [5, 5.41) is 0.703. The van der Waals surface area contributed by atoms with Crippen LogP contribution in [0, 0.1) is 5.41 Å². The molecule has 0 atom stereocenters. The normalized spacial score (nSPS) is 11.2. The summed E-state index contributed by atoms with van der Waals surface area (Å²) in [7, 11) is 0. The number of esters is 2. The fraction of sp³-hybridized carbons (Fsp3) is 0.529. The maximum absolute atomic E-state index is 12.6. The topological polar surface area (TPSA) is 52.6 Å². The number of halogens is 2. The third kappa shape index (κ3) is 5.11. The van der Waals surface area contributed by atoms with Crippen molar-refractivity contribution in [2.45, 2.75) is 46.5 Å². The Bertz CT molecular complexity index is 533. The van der Waals surface area contributed by atoms with Crippen molar-refractivity contribution in [2.24, 2.45) is 5.41 Å². The smallest absolute Gasteiger partial charge is 0.328 e. The molecule has 6 heteroatoms. The second-order valence-electron chi connectivity index (χ2n) is 5.27. The van der Waals surface area contributed by atoms with E-state index in [0.29, 0.717) is 29.5 Å². The van der Waals surface area contributed by atoms with Crippen molar-refractivity contribution in [3.63, 3.8) is 0 Å². The Kier molecular flexibility index (Phi) is 7.86. The summed E-state index contributed by atoms with van der Waals surface area (Å²) >= 11 is 11.8. The van der Waals surface area contributed by atoms with Gasteiger partial charge in [-0.2, -0.15) is 0 Å². The summed E-state index contributed by atoms with van der Waals surface area (Å²) in [6, 6.07) is 4.49. The summed E-state index contributed by atoms with van der Waals surface area (Å²) in [6.07, 6.45) is 2.25. The van der Waals surface area contributed by atoms with Crippen LogP contribution in [0.2, 0.25) is 10.0 Å². The number of benzene rings is 1. The summed E-state index contributed by atoms with van der Waals surface area (Å²) < 4.78 is 10.6. The van der Waals surface area contributed by atoms with Gasteiger partial charge in [-0.05, 0) is 37.5 Å². The van der Waals surface area contributed by atoms with E-state index in [4.69, 9.17) is 32.7 Å². The lowest BCUT2D eigenvalue weighted by Gasteiger charge is -2.26. The van der Waals surface area contributed by atoms with E-state index >= 15 is 0 Å². The first-order valence-corrected chi connectivity index (χ1v) is 8.50. The van der Waals surface area contributed by atoms with Gasteiger partial charge >= 0.3 is 11.9 Å². The number of unbranched alkanes of at least 4 members (excludes halogenated alkanes) is 1. The van der Waals surface area contributed by atoms with E-state index in [1.165, 1.54) is 18.2 Å². The zero-order chi connectivity index (χ0) is 17.5. The molecule has 0 spiro atoms. The molecule has 0 heterocycles. The Morgan fingerprint density at radius 3 is 2.04 bits per heavy atom. The molecular formula is C17H22Cl2O4. The van der Waals surface area contributed by atoms with Gasteiger partial charge in [0.05, 0.1) is 6.61 Å². The molecule has 0 saturated heterocycles. The summed E-state index contributed by atoms with van der Waals surface area (Å²) in [5.74, 6) is -0.989. The molecule has 0 bridgehead atoms. The molecule has 1 rings (SSSR count). The highest BCUT2D eigenvalue weighted by Crippen LogP contribution is 2.32. The average molecular weight is 361 g/mol. The SMILES string of the molecule is CCCCOC(=O)C(CC)(CC)C(=O)Oc1cc(Cl)cc(Cl)c1. The largest absolute Gasteiger partial charge is 0.465 e. The van der Waals surface area contributed by atoms with E-state index in [2.05, 4.69) is 0 Å². The molecule has 0 aliphatic heterocycles. The van der Waals surface area contributed by atoms with E-state index in [1.807, 2.05) is 6.92 Å². The Morgan fingerprint density at radius 1 is 1.00 bits per heavy atom. The minimum Gasteiger partial charge on any atom is -0.465 e. The third-order valence-corrected chi connectivity index (χ3v) is 4.20. The number of hydrogen-bond acceptors (Lipinski definition) is 4. The van der Waals surface area contributed by atoms with Crippen molar-refractivity contribution in [1.29, 1.82) is 0 Å². The van der Waals surface area contributed by atoms with Gasteiger partial charge in [0.1, 0.15) is 5.75 Å². The van der Waals surface area contributed by atoms with Crippen LogP contribution in [0.5, 0.6) is 5.75 Å². The predicted octanol–water partition coefficient (Wildman–Crippen LogP) is 5.05. The molecule has 0 aliphatic carbocycles. The molecule has 0 unspecified atom stereocenters. The van der Waals surface area contributed by atoms with E-state index in [-0.39, 0.29) is 5.75 Å². The molecule has 0 saturated carbocycles. The fourth-order valence-electron chi connectivity index (χ4n) is 2.15. The quantitative estimate of drug-likeness (QED) is 0.281. The van der Waals surface area contributed by atoms with E-state index in [1.54, 1.807) is 13.8 Å². The molecule has 0 aliphatic rings. The molecule has 23 heavy (non-hydrogen) atoms. The zero-order valence-electron chi connectivity index (χ0n) is 13.7. The number of carbonyl (C=O) groups is 2. The molecule has 4 nitrogen and oxygen atoms in total. The van der Waals surface area contributed by atoms with Gasteiger partial charge in [-0.1, -0.05) is 50.4 Å². The molecule has 128 valence electrons. The highest BCUT2D eigenvalue weighted by Gasteiger charge is 2.46. The highest BCUT2D eigenvalue weighted by atomic mass is 35.5. The average Bonchev–Trinajstić information content (AvgIpc) is 2.48. The Labute approximate surface area is 147 Å². The van der Waals surface area contributed by atoms with Gasteiger partial charge in [0, 0.05) is 10.0 Å². The summed E-state index contributed by atoms with van der Waals surface area (Å²) in [4.78, 5) is 25.0. The van der Waals surface area contributed by atoms with Crippen LogP contribution in [-0.2, 0) is 14.3 Å². The van der Waals surface area contributed by atoms with Gasteiger partial charge in [-0.3, -0.25) is 9.59 Å². The molecule has 0 N–H and O–H groups in total. The lowest BCUT2D eigenvalue weighted by Crippen LogP contribution is -2.42. The Morgan fingerprint density at radius 2 is 1.57 bits per heavy atom. The first-order valence-electron chi connectivity index (χ1n) is 7.75. The first-order chi connectivity index (χ1) is 10.9. The molecule has 0 aromatic heterocycles. The molecule has 0 fully saturated rings. The van der Waals surface area contributed by atoms with Crippen LogP contribution in [0.3, 0.4) is 0 Å². The molecule has 1 aromatic carbocycles. The van der Waals surface area contributed by atoms with Gasteiger partial charge in [0.25, 0.3) is 0 Å². The standard InChI is InChI=1S/C17H22Cl2O4/c1-4-7-8-22-15(20)17(5-2,6-3)16(21)23-14-10-12(18)9-13(19)11-14/h9-11H,4-8H2,1-3H3. The van der Waals surface area contributed by atoms with Crippen molar-refractivity contribution in [3.8, 4) is 5.75 Å². The van der Waals surface area contributed by atoms with Crippen LogP contribution < -0.4 is 4.74 Å². The number of carbonyl (C=O) groups excluding carboxylic acids is 2. The lowest BCUT2D eigenvalue weighted by atomic mass is 9.82. The number of ether oxygens (including phenoxy) is 2. The second kappa shape index (κ2) is 9.14. The minimum absolute atomic E-state index is 0.208. The van der Waals surface area contributed by atoms with E-state index in [0.717, 1.165) is 12.8 Å². The van der Waals surface area contributed by atoms with Crippen LogP contribution in [-0.4, -0.2) is 18.5 Å². The van der Waals surface area contributed by atoms with E-state index < -0.39 is 17.4 Å². The molecular weight excluding hydrogens is 339 g/mol. The lowest BCUT2D eigenvalue weighted by molar-refractivity contribution is -0.168. The second-order valence-corrected chi connectivity index (χ2v) is 6.15. The zero-order valence-corrected chi connectivity index (χ0v) is 15.2. The van der Waals surface area contributed by atoms with Crippen LogP contribution in [0.4, 0.5) is 0 Å². The van der Waals surface area contributed by atoms with Crippen molar-refractivity contribution < 1.29 is 19.1 Å². The third-order valence-electron chi connectivity index (χ3n) is 3.77. The Balaban J connectivity index is 2.94. The van der Waals surface area contributed by atoms with Crippen LogP contribution >= 0.6 is 23.2 Å². The minimum atomic E-state index is -1.32. The maximum Gasteiger partial charge on any atom is 0.328 e. The van der Waals surface area contributed by atoms with Crippen molar-refractivity contribution in [2.75, 3.05) is 6.61 Å². The van der Waals surface area contributed by atoms with Crippen LogP contribution in [0.15, 0.2) is 18.2 Å².